The van der Waals surface area contributed by atoms with Crippen molar-refractivity contribution in [3.8, 4) is 5.75 Å². The molecule has 2 atom stereocenters. The largest absolute Gasteiger partial charge is 0.478 e. The maximum Gasteiger partial charge on any atom is 0.349 e. The van der Waals surface area contributed by atoms with E-state index in [0.717, 1.165) is 16.9 Å². The molecule has 3 aromatic rings. The van der Waals surface area contributed by atoms with Crippen LogP contribution in [0.25, 0.3) is 0 Å². The Kier molecular flexibility index (Phi) is 5.43. The number of anilines is 2. The summed E-state index contributed by atoms with van der Waals surface area (Å²) in [5.41, 5.74) is 3.31. The zero-order chi connectivity index (χ0) is 20.4. The van der Waals surface area contributed by atoms with E-state index < -0.39 is 18.2 Å². The first-order valence-corrected chi connectivity index (χ1v) is 9.70. The molecule has 0 bridgehead atoms. The van der Waals surface area contributed by atoms with Gasteiger partial charge in [-0.05, 0) is 48.9 Å². The summed E-state index contributed by atoms with van der Waals surface area (Å²) in [6.45, 7) is 0.693. The second kappa shape index (κ2) is 8.15. The van der Waals surface area contributed by atoms with E-state index in [4.69, 9.17) is 16.3 Å². The minimum atomic E-state index is -1.15. The van der Waals surface area contributed by atoms with Crippen LogP contribution >= 0.6 is 11.6 Å². The van der Waals surface area contributed by atoms with E-state index in [1.165, 1.54) is 0 Å². The molecule has 0 amide bonds. The van der Waals surface area contributed by atoms with Crippen molar-refractivity contribution in [1.82, 2.24) is 0 Å². The number of aliphatic carboxylic acids is 1. The average Bonchev–Trinajstić information content (AvgIpc) is 2.73. The molecule has 3 aromatic carbocycles. The molecule has 0 aliphatic carbocycles. The molecule has 0 spiro atoms. The predicted octanol–water partition coefficient (Wildman–Crippen LogP) is 5.12. The van der Waals surface area contributed by atoms with Crippen molar-refractivity contribution in [2.24, 2.45) is 0 Å². The van der Waals surface area contributed by atoms with E-state index in [-0.39, 0.29) is 0 Å². The topological polar surface area (TPSA) is 70.0 Å². The van der Waals surface area contributed by atoms with Gasteiger partial charge in [0.05, 0.1) is 6.10 Å². The van der Waals surface area contributed by atoms with Gasteiger partial charge in [-0.2, -0.15) is 0 Å². The lowest BCUT2D eigenvalue weighted by molar-refractivity contribution is -0.145. The first-order chi connectivity index (χ1) is 14.0. The van der Waals surface area contributed by atoms with Gasteiger partial charge in [-0.15, -0.1) is 0 Å². The van der Waals surface area contributed by atoms with Gasteiger partial charge in [0, 0.05) is 34.1 Å². The molecule has 29 heavy (non-hydrogen) atoms. The van der Waals surface area contributed by atoms with Crippen molar-refractivity contribution < 1.29 is 19.7 Å². The number of nitrogens with zero attached hydrogens (tertiary/aromatic N) is 1. The number of aliphatic hydroxyl groups excluding tert-OH is 1. The lowest BCUT2D eigenvalue weighted by Gasteiger charge is -2.34. The smallest absolute Gasteiger partial charge is 0.349 e. The second-order valence-electron chi connectivity index (χ2n) is 6.90. The van der Waals surface area contributed by atoms with Gasteiger partial charge < -0.3 is 19.8 Å². The highest BCUT2D eigenvalue weighted by molar-refractivity contribution is 6.30. The average molecular weight is 410 g/mol. The first kappa shape index (κ1) is 19.3. The Morgan fingerprint density at radius 3 is 2.55 bits per heavy atom. The standard InChI is InChI=1S/C23H20ClNO4/c24-16-5-3-4-15(14-16)22(23(27)28)29-18-10-8-17(9-11-18)25-13-12-21(26)19-6-1-2-7-20(19)25/h1-11,14,21-22,26H,12-13H2,(H,27,28). The van der Waals surface area contributed by atoms with Crippen LogP contribution in [0.2, 0.25) is 5.02 Å². The van der Waals surface area contributed by atoms with Crippen molar-refractivity contribution in [3.63, 3.8) is 0 Å². The molecule has 6 heteroatoms. The molecule has 1 aliphatic rings. The quantitative estimate of drug-likeness (QED) is 0.612. The number of rotatable bonds is 5. The van der Waals surface area contributed by atoms with Crippen molar-refractivity contribution >= 4 is 28.9 Å². The van der Waals surface area contributed by atoms with Gasteiger partial charge in [-0.1, -0.05) is 41.9 Å². The Bertz CT molecular complexity index is 1020. The Morgan fingerprint density at radius 2 is 1.83 bits per heavy atom. The molecule has 0 saturated heterocycles. The zero-order valence-corrected chi connectivity index (χ0v) is 16.3. The number of carboxylic acids is 1. The van der Waals surface area contributed by atoms with Crippen LogP contribution in [0.4, 0.5) is 11.4 Å². The van der Waals surface area contributed by atoms with Gasteiger partial charge in [0.15, 0.2) is 0 Å². The van der Waals surface area contributed by atoms with Crippen molar-refractivity contribution in [3.05, 3.63) is 88.9 Å². The van der Waals surface area contributed by atoms with E-state index in [0.29, 0.717) is 29.3 Å². The van der Waals surface area contributed by atoms with Gasteiger partial charge in [-0.3, -0.25) is 0 Å². The van der Waals surface area contributed by atoms with Crippen LogP contribution in [0, 0.1) is 0 Å². The summed E-state index contributed by atoms with van der Waals surface area (Å²) in [5.74, 6) is -0.637. The number of fused-ring (bicyclic) bond motifs is 1. The van der Waals surface area contributed by atoms with Crippen LogP contribution in [0.1, 0.15) is 29.8 Å². The molecular weight excluding hydrogens is 390 g/mol. The third-order valence-corrected chi connectivity index (χ3v) is 5.23. The van der Waals surface area contributed by atoms with Gasteiger partial charge in [0.25, 0.3) is 0 Å². The lowest BCUT2D eigenvalue weighted by atomic mass is 9.98. The number of ether oxygens (including phenoxy) is 1. The molecule has 1 aliphatic heterocycles. The van der Waals surface area contributed by atoms with Crippen LogP contribution in [0.5, 0.6) is 5.75 Å². The van der Waals surface area contributed by atoms with Gasteiger partial charge >= 0.3 is 5.97 Å². The van der Waals surface area contributed by atoms with E-state index in [1.54, 1.807) is 36.4 Å². The summed E-state index contributed by atoms with van der Waals surface area (Å²) in [7, 11) is 0. The minimum Gasteiger partial charge on any atom is -0.478 e. The number of carboxylic acid groups (broad SMARTS) is 1. The summed E-state index contributed by atoms with van der Waals surface area (Å²) >= 11 is 5.98. The normalized spacial score (nSPS) is 16.8. The molecule has 0 saturated carbocycles. The van der Waals surface area contributed by atoms with E-state index in [9.17, 15) is 15.0 Å². The monoisotopic (exact) mass is 409 g/mol. The SMILES string of the molecule is O=C(O)C(Oc1ccc(N2CCC(O)c3ccccc32)cc1)c1cccc(Cl)c1. The van der Waals surface area contributed by atoms with Gasteiger partial charge in [0.2, 0.25) is 6.10 Å². The van der Waals surface area contributed by atoms with Crippen molar-refractivity contribution in [2.75, 3.05) is 11.4 Å². The summed E-state index contributed by atoms with van der Waals surface area (Å²) in [6.07, 6.45) is -0.963. The Morgan fingerprint density at radius 1 is 1.07 bits per heavy atom. The van der Waals surface area contributed by atoms with Crippen LogP contribution in [0.15, 0.2) is 72.8 Å². The first-order valence-electron chi connectivity index (χ1n) is 9.32. The third kappa shape index (κ3) is 4.06. The summed E-state index contributed by atoms with van der Waals surface area (Å²) in [4.78, 5) is 13.8. The number of hydrogen-bond donors (Lipinski definition) is 2. The molecule has 5 nitrogen and oxygen atoms in total. The van der Waals surface area contributed by atoms with Crippen LogP contribution in [-0.4, -0.2) is 22.7 Å². The van der Waals surface area contributed by atoms with Gasteiger partial charge in [0.1, 0.15) is 5.75 Å². The van der Waals surface area contributed by atoms with E-state index in [2.05, 4.69) is 4.90 Å². The maximum absolute atomic E-state index is 11.7. The maximum atomic E-state index is 11.7. The van der Waals surface area contributed by atoms with Crippen LogP contribution in [0.3, 0.4) is 0 Å². The van der Waals surface area contributed by atoms with Crippen molar-refractivity contribution in [1.29, 1.82) is 0 Å². The van der Waals surface area contributed by atoms with E-state index >= 15 is 0 Å². The lowest BCUT2D eigenvalue weighted by Crippen LogP contribution is -2.26. The summed E-state index contributed by atoms with van der Waals surface area (Å²) in [6, 6.07) is 21.7. The number of para-hydroxylation sites is 1. The Labute approximate surface area is 173 Å². The van der Waals surface area contributed by atoms with E-state index in [1.807, 2.05) is 36.4 Å². The van der Waals surface area contributed by atoms with Gasteiger partial charge in [-0.25, -0.2) is 4.79 Å². The number of carbonyl (C=O) groups is 1. The fourth-order valence-electron chi connectivity index (χ4n) is 3.58. The Balaban J connectivity index is 1.57. The Hall–Kier alpha value is -3.02. The molecule has 0 radical (unpaired) electrons. The molecule has 0 fully saturated rings. The second-order valence-corrected chi connectivity index (χ2v) is 7.34. The molecule has 2 unspecified atom stereocenters. The molecule has 0 aromatic heterocycles. The van der Waals surface area contributed by atoms with Crippen LogP contribution < -0.4 is 9.64 Å². The fourth-order valence-corrected chi connectivity index (χ4v) is 3.78. The molecule has 148 valence electrons. The number of halogens is 1. The van der Waals surface area contributed by atoms with Crippen LogP contribution in [-0.2, 0) is 4.79 Å². The number of aliphatic hydroxyl groups is 1. The molecular formula is C23H20ClNO4. The number of hydrogen-bond acceptors (Lipinski definition) is 4. The highest BCUT2D eigenvalue weighted by Gasteiger charge is 2.25. The molecule has 2 N–H and O–H groups in total. The minimum absolute atomic E-state index is 0.450. The molecule has 4 rings (SSSR count). The highest BCUT2D eigenvalue weighted by Crippen LogP contribution is 2.38. The van der Waals surface area contributed by atoms with Crippen molar-refractivity contribution in [2.45, 2.75) is 18.6 Å². The summed E-state index contributed by atoms with van der Waals surface area (Å²) < 4.78 is 5.73. The highest BCUT2D eigenvalue weighted by atomic mass is 35.5. The number of benzene rings is 3. The third-order valence-electron chi connectivity index (χ3n) is 4.99. The predicted molar refractivity (Wildman–Crippen MR) is 112 cm³/mol. The zero-order valence-electron chi connectivity index (χ0n) is 15.5. The summed E-state index contributed by atoms with van der Waals surface area (Å²) in [5, 5.41) is 20.3. The molecule has 1 heterocycles. The fraction of sp³-hybridized carbons (Fsp3) is 0.174.